The van der Waals surface area contributed by atoms with Gasteiger partial charge in [-0.25, -0.2) is 0 Å². The first-order chi connectivity index (χ1) is 24.8. The highest BCUT2D eigenvalue weighted by Gasteiger charge is 2.44. The second-order valence-electron chi connectivity index (χ2n) is 15.1. The number of carbonyl (C=O) groups is 1. The molecule has 0 radical (unpaired) electrons. The number of unbranched alkanes of at least 4 members (excludes halogenated alkanes) is 25. The molecular formula is C42H81NO8. The number of amides is 1. The molecule has 0 aromatic rings. The van der Waals surface area contributed by atoms with Gasteiger partial charge in [-0.05, 0) is 19.3 Å². The Kier molecular flexibility index (Phi) is 31.5. The van der Waals surface area contributed by atoms with Crippen LogP contribution in [0.3, 0.4) is 0 Å². The van der Waals surface area contributed by atoms with Crippen molar-refractivity contribution in [3.8, 4) is 0 Å². The SMILES string of the molecule is CCCCCCCCCCCCC/C=C/[C@@H](O)[C@H](COC1O[C@H](CO)[C@H](O)[C@H](O)[C@H]1O)NC(=O)CCCCCCCCCCCCCCCCC. The molecule has 302 valence electrons. The highest BCUT2D eigenvalue weighted by Crippen LogP contribution is 2.22. The molecule has 1 fully saturated rings. The molecule has 1 rings (SSSR count). The lowest BCUT2D eigenvalue weighted by Gasteiger charge is -2.40. The van der Waals surface area contributed by atoms with Crippen LogP contribution in [0.25, 0.3) is 0 Å². The lowest BCUT2D eigenvalue weighted by molar-refractivity contribution is -0.302. The van der Waals surface area contributed by atoms with Crippen LogP contribution in [0.5, 0.6) is 0 Å². The van der Waals surface area contributed by atoms with Gasteiger partial charge in [0.2, 0.25) is 5.91 Å². The Labute approximate surface area is 312 Å². The van der Waals surface area contributed by atoms with Crippen molar-refractivity contribution in [3.05, 3.63) is 12.2 Å². The Balaban J connectivity index is 2.39. The third kappa shape index (κ3) is 24.8. The van der Waals surface area contributed by atoms with Crippen LogP contribution in [0.1, 0.15) is 194 Å². The van der Waals surface area contributed by atoms with Crippen LogP contribution in [0.2, 0.25) is 0 Å². The third-order valence-electron chi connectivity index (χ3n) is 10.4. The van der Waals surface area contributed by atoms with E-state index < -0.39 is 49.5 Å². The van der Waals surface area contributed by atoms with Crippen LogP contribution in [0.15, 0.2) is 12.2 Å². The molecule has 1 heterocycles. The zero-order valence-corrected chi connectivity index (χ0v) is 32.9. The minimum atomic E-state index is -1.56. The topological polar surface area (TPSA) is 149 Å². The summed E-state index contributed by atoms with van der Waals surface area (Å²) in [6.07, 6.45) is 29.6. The van der Waals surface area contributed by atoms with E-state index >= 15 is 0 Å². The van der Waals surface area contributed by atoms with E-state index in [-0.39, 0.29) is 12.5 Å². The smallest absolute Gasteiger partial charge is 0.220 e. The second-order valence-corrected chi connectivity index (χ2v) is 15.1. The summed E-state index contributed by atoms with van der Waals surface area (Å²) in [5, 5.41) is 54.0. The average molecular weight is 728 g/mol. The van der Waals surface area contributed by atoms with Gasteiger partial charge in [-0.15, -0.1) is 0 Å². The van der Waals surface area contributed by atoms with Crippen LogP contribution >= 0.6 is 0 Å². The Hall–Kier alpha value is -1.07. The summed E-state index contributed by atoms with van der Waals surface area (Å²) in [5.41, 5.74) is 0. The number of aliphatic hydroxyl groups excluding tert-OH is 5. The standard InChI is InChI=1S/C42H81NO8/c1-3-5-7-9-11-13-15-17-18-20-22-24-26-28-30-32-38(46)43-35(34-50-42-41(49)40(48)39(47)37(33-44)51-42)36(45)31-29-27-25-23-21-19-16-14-12-10-8-6-4-2/h29,31,35-37,39-42,44-45,47-49H,3-28,30,32-34H2,1-2H3,(H,43,46)/b31-29+/t35-,36+,37+,39-,40-,41+,42?/m0/s1. The van der Waals surface area contributed by atoms with E-state index in [9.17, 15) is 30.3 Å². The fourth-order valence-corrected chi connectivity index (χ4v) is 6.86. The second kappa shape index (κ2) is 33.5. The Bertz CT molecular complexity index is 812. The molecule has 9 nitrogen and oxygen atoms in total. The summed E-state index contributed by atoms with van der Waals surface area (Å²) in [7, 11) is 0. The summed E-state index contributed by atoms with van der Waals surface area (Å²) < 4.78 is 11.2. The molecule has 9 heteroatoms. The van der Waals surface area contributed by atoms with Crippen molar-refractivity contribution in [3.63, 3.8) is 0 Å². The fourth-order valence-electron chi connectivity index (χ4n) is 6.86. The summed E-state index contributed by atoms with van der Waals surface area (Å²) >= 11 is 0. The molecule has 0 aromatic heterocycles. The third-order valence-corrected chi connectivity index (χ3v) is 10.4. The first-order valence-corrected chi connectivity index (χ1v) is 21.4. The largest absolute Gasteiger partial charge is 0.394 e. The molecule has 0 spiro atoms. The Morgan fingerprint density at radius 1 is 0.647 bits per heavy atom. The quantitative estimate of drug-likeness (QED) is 0.0283. The summed E-state index contributed by atoms with van der Waals surface area (Å²) in [6, 6.07) is -0.796. The Morgan fingerprint density at radius 2 is 1.08 bits per heavy atom. The number of nitrogens with one attached hydrogen (secondary N) is 1. The van der Waals surface area contributed by atoms with Crippen molar-refractivity contribution < 1.29 is 39.8 Å². The number of rotatable bonds is 35. The molecule has 6 N–H and O–H groups in total. The van der Waals surface area contributed by atoms with Gasteiger partial charge >= 0.3 is 0 Å². The first kappa shape index (κ1) is 48.0. The van der Waals surface area contributed by atoms with E-state index in [2.05, 4.69) is 19.2 Å². The number of aliphatic hydroxyl groups is 5. The van der Waals surface area contributed by atoms with Crippen LogP contribution in [-0.4, -0.2) is 87.5 Å². The molecule has 0 aliphatic carbocycles. The molecule has 51 heavy (non-hydrogen) atoms. The van der Waals surface area contributed by atoms with Gasteiger partial charge in [-0.2, -0.15) is 0 Å². The van der Waals surface area contributed by atoms with Crippen LogP contribution < -0.4 is 5.32 Å². The van der Waals surface area contributed by atoms with E-state index in [1.165, 1.54) is 135 Å². The molecule has 0 saturated carbocycles. The molecule has 1 amide bonds. The zero-order valence-electron chi connectivity index (χ0n) is 32.9. The van der Waals surface area contributed by atoms with E-state index in [0.717, 1.165) is 38.5 Å². The lowest BCUT2D eigenvalue weighted by Crippen LogP contribution is -2.60. The number of hydrogen-bond donors (Lipinski definition) is 6. The van der Waals surface area contributed by atoms with Crippen molar-refractivity contribution in [1.82, 2.24) is 5.32 Å². The van der Waals surface area contributed by atoms with Gasteiger partial charge in [-0.1, -0.05) is 180 Å². The van der Waals surface area contributed by atoms with Crippen molar-refractivity contribution >= 4 is 5.91 Å². The fraction of sp³-hybridized carbons (Fsp3) is 0.929. The van der Waals surface area contributed by atoms with E-state index in [4.69, 9.17) is 9.47 Å². The monoisotopic (exact) mass is 728 g/mol. The van der Waals surface area contributed by atoms with Gasteiger partial charge in [0.05, 0.1) is 25.4 Å². The normalized spacial score (nSPS) is 22.1. The van der Waals surface area contributed by atoms with Crippen molar-refractivity contribution in [2.45, 2.75) is 236 Å². The maximum Gasteiger partial charge on any atom is 0.220 e. The summed E-state index contributed by atoms with van der Waals surface area (Å²) in [4.78, 5) is 12.9. The predicted molar refractivity (Wildman–Crippen MR) is 207 cm³/mol. The minimum Gasteiger partial charge on any atom is -0.394 e. The maximum atomic E-state index is 12.9. The van der Waals surface area contributed by atoms with Gasteiger partial charge in [0.1, 0.15) is 24.4 Å². The average Bonchev–Trinajstić information content (AvgIpc) is 3.13. The number of hydrogen-bond acceptors (Lipinski definition) is 8. The van der Waals surface area contributed by atoms with Crippen molar-refractivity contribution in [1.29, 1.82) is 0 Å². The van der Waals surface area contributed by atoms with Crippen LogP contribution in [-0.2, 0) is 14.3 Å². The summed E-state index contributed by atoms with van der Waals surface area (Å²) in [6.45, 7) is 3.76. The van der Waals surface area contributed by atoms with Crippen molar-refractivity contribution in [2.24, 2.45) is 0 Å². The first-order valence-electron chi connectivity index (χ1n) is 21.4. The van der Waals surface area contributed by atoms with Crippen LogP contribution in [0.4, 0.5) is 0 Å². The summed E-state index contributed by atoms with van der Waals surface area (Å²) in [5.74, 6) is -0.176. The van der Waals surface area contributed by atoms with Gasteiger partial charge in [0, 0.05) is 6.42 Å². The van der Waals surface area contributed by atoms with Crippen LogP contribution in [0, 0.1) is 0 Å². The van der Waals surface area contributed by atoms with E-state index in [1.54, 1.807) is 6.08 Å². The highest BCUT2D eigenvalue weighted by molar-refractivity contribution is 5.76. The Morgan fingerprint density at radius 3 is 1.53 bits per heavy atom. The molecule has 1 unspecified atom stereocenters. The maximum absolute atomic E-state index is 12.9. The number of carbonyl (C=O) groups excluding carboxylic acids is 1. The molecule has 7 atom stereocenters. The zero-order chi connectivity index (χ0) is 37.4. The minimum absolute atomic E-state index is 0.176. The van der Waals surface area contributed by atoms with E-state index in [1.807, 2.05) is 6.08 Å². The number of ether oxygens (including phenoxy) is 2. The highest BCUT2D eigenvalue weighted by atomic mass is 16.7. The number of allylic oxidation sites excluding steroid dienone is 1. The molecule has 1 saturated heterocycles. The van der Waals surface area contributed by atoms with Gasteiger partial charge < -0.3 is 40.3 Å². The van der Waals surface area contributed by atoms with Gasteiger partial charge in [-0.3, -0.25) is 4.79 Å². The van der Waals surface area contributed by atoms with Crippen molar-refractivity contribution in [2.75, 3.05) is 13.2 Å². The van der Waals surface area contributed by atoms with E-state index in [0.29, 0.717) is 6.42 Å². The van der Waals surface area contributed by atoms with Gasteiger partial charge in [0.25, 0.3) is 0 Å². The predicted octanol–water partition coefficient (Wildman–Crippen LogP) is 8.17. The van der Waals surface area contributed by atoms with Gasteiger partial charge in [0.15, 0.2) is 6.29 Å². The molecule has 1 aliphatic rings. The molecular weight excluding hydrogens is 646 g/mol. The molecule has 0 bridgehead atoms. The molecule has 1 aliphatic heterocycles. The molecule has 0 aromatic carbocycles. The lowest BCUT2D eigenvalue weighted by atomic mass is 9.99.